The average Bonchev–Trinajstić information content (AvgIpc) is 3.31. The van der Waals surface area contributed by atoms with E-state index in [1.165, 1.54) is 6.42 Å². The highest BCUT2D eigenvalue weighted by Crippen LogP contribution is 2.19. The molecule has 162 valence electrons. The quantitative estimate of drug-likeness (QED) is 0.722. The molecule has 0 atom stereocenters. The predicted molar refractivity (Wildman–Crippen MR) is 123 cm³/mol. The minimum Gasteiger partial charge on any atom is -0.353 e. The number of nitrogens with zero attached hydrogens (tertiary/aromatic N) is 4. The lowest BCUT2D eigenvalue weighted by molar-refractivity contribution is -0.131. The summed E-state index contributed by atoms with van der Waals surface area (Å²) in [5.41, 5.74) is 4.01. The molecule has 0 spiro atoms. The minimum absolute atomic E-state index is 0.0852. The summed E-state index contributed by atoms with van der Waals surface area (Å²) < 4.78 is 0. The molecule has 0 saturated carbocycles. The lowest BCUT2D eigenvalue weighted by atomic mass is 10.1. The van der Waals surface area contributed by atoms with Gasteiger partial charge in [0.05, 0.1) is 25.3 Å². The van der Waals surface area contributed by atoms with Crippen molar-refractivity contribution in [2.45, 2.75) is 32.6 Å². The Labute approximate surface area is 184 Å². The average molecular weight is 419 g/mol. The third-order valence-electron chi connectivity index (χ3n) is 5.96. The van der Waals surface area contributed by atoms with Crippen molar-refractivity contribution in [3.05, 3.63) is 65.7 Å². The van der Waals surface area contributed by atoms with Crippen LogP contribution in [0.5, 0.6) is 0 Å². The van der Waals surface area contributed by atoms with Crippen molar-refractivity contribution in [2.75, 3.05) is 37.6 Å². The Kier molecular flexibility index (Phi) is 6.65. The number of hydrazone groups is 1. The molecule has 6 nitrogen and oxygen atoms in total. The number of rotatable bonds is 6. The monoisotopic (exact) mass is 418 g/mol. The van der Waals surface area contributed by atoms with Gasteiger partial charge in [0.25, 0.3) is 5.91 Å². The summed E-state index contributed by atoms with van der Waals surface area (Å²) in [4.78, 5) is 29.8. The van der Waals surface area contributed by atoms with Crippen LogP contribution in [0.4, 0.5) is 5.69 Å². The van der Waals surface area contributed by atoms with Crippen molar-refractivity contribution >= 4 is 23.2 Å². The van der Waals surface area contributed by atoms with E-state index in [9.17, 15) is 9.59 Å². The fourth-order valence-electron chi connectivity index (χ4n) is 4.12. The number of hydrogen-bond donors (Lipinski definition) is 0. The number of amides is 2. The number of hydrogen-bond acceptors (Lipinski definition) is 4. The van der Waals surface area contributed by atoms with Crippen molar-refractivity contribution in [2.24, 2.45) is 5.10 Å². The number of anilines is 1. The van der Waals surface area contributed by atoms with Crippen LogP contribution < -0.4 is 4.90 Å². The molecule has 0 aliphatic carbocycles. The summed E-state index contributed by atoms with van der Waals surface area (Å²) in [6.45, 7) is 4.57. The molecular weight excluding hydrogens is 388 g/mol. The lowest BCUT2D eigenvalue weighted by Crippen LogP contribution is -2.45. The first-order valence-corrected chi connectivity index (χ1v) is 11.1. The molecule has 2 amide bonds. The number of carbonyl (C=O) groups is 2. The van der Waals surface area contributed by atoms with Crippen LogP contribution in [0.15, 0.2) is 59.7 Å². The molecule has 2 heterocycles. The molecular formula is C25H30N4O2. The van der Waals surface area contributed by atoms with Gasteiger partial charge in [-0.05, 0) is 43.9 Å². The summed E-state index contributed by atoms with van der Waals surface area (Å²) in [7, 11) is 0. The Bertz CT molecular complexity index is 934. The fourth-order valence-corrected chi connectivity index (χ4v) is 4.12. The first-order valence-electron chi connectivity index (χ1n) is 11.1. The van der Waals surface area contributed by atoms with E-state index in [1.54, 1.807) is 5.01 Å². The second-order valence-electron chi connectivity index (χ2n) is 8.31. The molecule has 1 saturated heterocycles. The van der Waals surface area contributed by atoms with Crippen LogP contribution in [-0.4, -0.2) is 60.2 Å². The molecule has 0 aromatic heterocycles. The van der Waals surface area contributed by atoms with Gasteiger partial charge in [0, 0.05) is 25.2 Å². The SMILES string of the molecule is Cc1ccc(N(CC(=O)N2CCCCC2)CC(=O)N2CCC(c3ccccc3)=N2)cc1. The van der Waals surface area contributed by atoms with Gasteiger partial charge in [0.15, 0.2) is 0 Å². The van der Waals surface area contributed by atoms with Crippen molar-refractivity contribution in [1.29, 1.82) is 0 Å². The summed E-state index contributed by atoms with van der Waals surface area (Å²) in [5.74, 6) is 0.000855. The zero-order valence-electron chi connectivity index (χ0n) is 18.2. The highest BCUT2D eigenvalue weighted by Gasteiger charge is 2.26. The molecule has 1 fully saturated rings. The standard InChI is InChI=1S/C25H30N4O2/c1-20-10-12-22(13-11-20)28(18-24(30)27-15-6-3-7-16-27)19-25(31)29-17-14-23(26-29)21-8-4-2-5-9-21/h2,4-5,8-13H,3,6-7,14-19H2,1H3. The molecule has 0 radical (unpaired) electrons. The highest BCUT2D eigenvalue weighted by atomic mass is 16.2. The van der Waals surface area contributed by atoms with E-state index < -0.39 is 0 Å². The maximum absolute atomic E-state index is 13.1. The maximum atomic E-state index is 13.1. The molecule has 4 rings (SSSR count). The zero-order valence-corrected chi connectivity index (χ0v) is 18.2. The molecule has 2 aliphatic heterocycles. The van der Waals surface area contributed by atoms with Crippen molar-refractivity contribution in [3.63, 3.8) is 0 Å². The van der Waals surface area contributed by atoms with E-state index in [-0.39, 0.29) is 24.9 Å². The van der Waals surface area contributed by atoms with E-state index >= 15 is 0 Å². The second kappa shape index (κ2) is 9.77. The van der Waals surface area contributed by atoms with E-state index in [4.69, 9.17) is 0 Å². The van der Waals surface area contributed by atoms with Crippen LogP contribution >= 0.6 is 0 Å². The van der Waals surface area contributed by atoms with Crippen molar-refractivity contribution in [1.82, 2.24) is 9.91 Å². The number of piperidine rings is 1. The van der Waals surface area contributed by atoms with Gasteiger partial charge in [-0.25, -0.2) is 5.01 Å². The van der Waals surface area contributed by atoms with Gasteiger partial charge < -0.3 is 9.80 Å². The largest absolute Gasteiger partial charge is 0.353 e. The van der Waals surface area contributed by atoms with Gasteiger partial charge in [-0.15, -0.1) is 0 Å². The van der Waals surface area contributed by atoms with Gasteiger partial charge in [-0.1, -0.05) is 48.0 Å². The minimum atomic E-state index is -0.0852. The second-order valence-corrected chi connectivity index (χ2v) is 8.31. The van der Waals surface area contributed by atoms with Crippen LogP contribution in [-0.2, 0) is 9.59 Å². The highest BCUT2D eigenvalue weighted by molar-refractivity contribution is 6.02. The Balaban J connectivity index is 1.47. The lowest BCUT2D eigenvalue weighted by Gasteiger charge is -2.31. The van der Waals surface area contributed by atoms with E-state index in [1.807, 2.05) is 71.3 Å². The smallest absolute Gasteiger partial charge is 0.262 e. The van der Waals surface area contributed by atoms with Crippen LogP contribution in [0.2, 0.25) is 0 Å². The van der Waals surface area contributed by atoms with Crippen LogP contribution in [0.3, 0.4) is 0 Å². The molecule has 2 aromatic carbocycles. The first kappa shape index (κ1) is 21.1. The molecule has 31 heavy (non-hydrogen) atoms. The van der Waals surface area contributed by atoms with Gasteiger partial charge >= 0.3 is 0 Å². The van der Waals surface area contributed by atoms with Crippen LogP contribution in [0.25, 0.3) is 0 Å². The number of carbonyl (C=O) groups excluding carboxylic acids is 2. The van der Waals surface area contributed by atoms with E-state index in [0.29, 0.717) is 6.54 Å². The van der Waals surface area contributed by atoms with Gasteiger partial charge in [0.1, 0.15) is 0 Å². The molecule has 0 unspecified atom stereocenters. The molecule has 0 bridgehead atoms. The normalized spacial score (nSPS) is 16.2. The van der Waals surface area contributed by atoms with Gasteiger partial charge in [-0.2, -0.15) is 5.10 Å². The number of benzene rings is 2. The molecule has 0 N–H and O–H groups in total. The number of aryl methyl sites for hydroxylation is 1. The summed E-state index contributed by atoms with van der Waals surface area (Å²) in [6, 6.07) is 18.0. The van der Waals surface area contributed by atoms with Crippen molar-refractivity contribution in [3.8, 4) is 0 Å². The molecule has 2 aromatic rings. The third-order valence-corrected chi connectivity index (χ3v) is 5.96. The van der Waals surface area contributed by atoms with Crippen LogP contribution in [0, 0.1) is 6.92 Å². The summed E-state index contributed by atoms with van der Waals surface area (Å²) in [5, 5.41) is 6.12. The zero-order chi connectivity index (χ0) is 21.6. The molecule has 2 aliphatic rings. The van der Waals surface area contributed by atoms with E-state index in [2.05, 4.69) is 5.10 Å². The maximum Gasteiger partial charge on any atom is 0.262 e. The predicted octanol–water partition coefficient (Wildman–Crippen LogP) is 3.45. The summed E-state index contributed by atoms with van der Waals surface area (Å²) in [6.07, 6.45) is 4.04. The van der Waals surface area contributed by atoms with Gasteiger partial charge in [0.2, 0.25) is 5.91 Å². The first-order chi connectivity index (χ1) is 15.1. The fraction of sp³-hybridized carbons (Fsp3) is 0.400. The Hall–Kier alpha value is -3.15. The van der Waals surface area contributed by atoms with Gasteiger partial charge in [-0.3, -0.25) is 9.59 Å². The van der Waals surface area contributed by atoms with Crippen LogP contribution in [0.1, 0.15) is 36.8 Å². The topological polar surface area (TPSA) is 56.2 Å². The van der Waals surface area contributed by atoms with Crippen molar-refractivity contribution < 1.29 is 9.59 Å². The Morgan fingerprint density at radius 2 is 1.55 bits per heavy atom. The van der Waals surface area contributed by atoms with E-state index in [0.717, 1.165) is 54.9 Å². The summed E-state index contributed by atoms with van der Waals surface area (Å²) >= 11 is 0. The number of likely N-dealkylation sites (tertiary alicyclic amines) is 1. The Morgan fingerprint density at radius 3 is 2.26 bits per heavy atom. The molecule has 6 heteroatoms. The Morgan fingerprint density at radius 1 is 0.871 bits per heavy atom. The third kappa shape index (κ3) is 5.32.